The maximum atomic E-state index is 13.5. The van der Waals surface area contributed by atoms with E-state index in [1.54, 1.807) is 43.0 Å². The molecule has 1 N–H and O–H groups in total. The molecule has 3 aromatic rings. The summed E-state index contributed by atoms with van der Waals surface area (Å²) in [4.78, 5) is 20.3. The van der Waals surface area contributed by atoms with Crippen LogP contribution >= 0.6 is 0 Å². The fourth-order valence-electron chi connectivity index (χ4n) is 5.27. The Morgan fingerprint density at radius 1 is 1.20 bits per heavy atom. The number of aromatic nitrogens is 5. The average Bonchev–Trinajstić information content (AvgIpc) is 3.51. The van der Waals surface area contributed by atoms with Crippen molar-refractivity contribution in [2.24, 2.45) is 13.0 Å². The zero-order valence-corrected chi connectivity index (χ0v) is 26.5. The minimum atomic E-state index is -4.14. The van der Waals surface area contributed by atoms with Gasteiger partial charge in [-0.05, 0) is 51.7 Å². The van der Waals surface area contributed by atoms with Gasteiger partial charge in [-0.25, -0.2) is 22.8 Å². The van der Waals surface area contributed by atoms with Crippen molar-refractivity contribution in [3.05, 3.63) is 41.9 Å². The molecule has 0 bridgehead atoms. The number of hydrogen-bond acceptors (Lipinski definition) is 8. The van der Waals surface area contributed by atoms with E-state index >= 15 is 0 Å². The predicted octanol–water partition coefficient (Wildman–Crippen LogP) is 4.16. The van der Waals surface area contributed by atoms with Gasteiger partial charge in [-0.2, -0.15) is 5.10 Å². The summed E-state index contributed by atoms with van der Waals surface area (Å²) in [5.74, 6) is 1.05. The fraction of sp³-hybridized carbons (Fsp3) is 0.556. The van der Waals surface area contributed by atoms with Gasteiger partial charge in [-0.15, -0.1) is 5.10 Å². The van der Waals surface area contributed by atoms with Gasteiger partial charge in [0.1, 0.15) is 10.7 Å². The monoisotopic (exact) mass is 587 g/mol. The molecule has 3 aromatic heterocycles. The molecule has 4 rings (SSSR count). The molecule has 218 valence electrons. The molecule has 0 spiro atoms. The summed E-state index contributed by atoms with van der Waals surface area (Å²) in [5.41, 5.74) is 0.197. The molecule has 11 nitrogen and oxygen atoms in total. The van der Waals surface area contributed by atoms with Crippen LogP contribution in [0.25, 0.3) is 5.82 Å². The normalized spacial score (nSPS) is 17.3. The summed E-state index contributed by atoms with van der Waals surface area (Å²) >= 11 is 0. The summed E-state index contributed by atoms with van der Waals surface area (Å²) in [6.07, 6.45) is 5.04. The quantitative estimate of drug-likeness (QED) is 0.277. The van der Waals surface area contributed by atoms with Crippen molar-refractivity contribution in [1.82, 2.24) is 29.3 Å². The predicted molar refractivity (Wildman–Crippen MR) is 157 cm³/mol. The summed E-state index contributed by atoms with van der Waals surface area (Å²) in [7, 11) is -3.63. The molecule has 4 heterocycles. The highest BCUT2D eigenvalue weighted by molar-refractivity contribution is 7.90. The molecule has 1 saturated heterocycles. The van der Waals surface area contributed by atoms with Crippen LogP contribution in [0.4, 0.5) is 5.82 Å². The third-order valence-corrected chi connectivity index (χ3v) is 10.3. The van der Waals surface area contributed by atoms with E-state index in [-0.39, 0.29) is 16.0 Å². The molecule has 13 heteroatoms. The second kappa shape index (κ2) is 11.0. The number of ether oxygens (including phenoxy) is 1. The highest BCUT2D eigenvalue weighted by Gasteiger charge is 2.39. The zero-order chi connectivity index (χ0) is 29.5. The van der Waals surface area contributed by atoms with E-state index in [0.29, 0.717) is 42.3 Å². The van der Waals surface area contributed by atoms with Crippen molar-refractivity contribution in [2.75, 3.05) is 18.1 Å². The first-order chi connectivity index (χ1) is 18.6. The number of amides is 1. The standard InChI is InChI=1S/C27H41N7O4SSi/c1-19-16-27(3,4)33(17-19)25-21(26(35)31-39(36,37)22-18-32(5)29-20(22)2)10-11-23(28-25)34-13-12-24(30-34)38-14-9-15-40(6,7)8/h10-13,18-19H,9,14-17H2,1-8H3,(H,31,35)/t19-/m0/s1. The van der Waals surface area contributed by atoms with Crippen molar-refractivity contribution in [3.63, 3.8) is 0 Å². The third kappa shape index (κ3) is 6.74. The van der Waals surface area contributed by atoms with Gasteiger partial charge in [0.15, 0.2) is 5.82 Å². The minimum Gasteiger partial charge on any atom is -0.477 e. The van der Waals surface area contributed by atoms with Gasteiger partial charge >= 0.3 is 0 Å². The Hall–Kier alpha value is -3.19. The van der Waals surface area contributed by atoms with E-state index in [9.17, 15) is 13.2 Å². The number of carbonyl (C=O) groups is 1. The number of rotatable bonds is 10. The Morgan fingerprint density at radius 3 is 2.52 bits per heavy atom. The SMILES string of the molecule is Cc1nn(C)cc1S(=O)(=O)NC(=O)c1ccc(-n2ccc(OCCC[Si](C)(C)C)n2)nc1N1C[C@@H](C)CC1(C)C. The molecule has 0 radical (unpaired) electrons. The first kappa shape index (κ1) is 29.8. The van der Waals surface area contributed by atoms with Crippen molar-refractivity contribution in [2.45, 2.75) is 76.7 Å². The highest BCUT2D eigenvalue weighted by Crippen LogP contribution is 2.37. The molecule has 0 saturated carbocycles. The van der Waals surface area contributed by atoms with E-state index in [1.807, 2.05) is 0 Å². The number of anilines is 1. The van der Waals surface area contributed by atoms with Crippen molar-refractivity contribution in [1.29, 1.82) is 0 Å². The Kier molecular flexibility index (Phi) is 8.19. The molecule has 40 heavy (non-hydrogen) atoms. The van der Waals surface area contributed by atoms with E-state index in [1.165, 1.54) is 16.9 Å². The molecule has 0 aromatic carbocycles. The lowest BCUT2D eigenvalue weighted by Crippen LogP contribution is -2.41. The largest absolute Gasteiger partial charge is 0.477 e. The summed E-state index contributed by atoms with van der Waals surface area (Å²) in [5, 5.41) is 8.63. The number of aryl methyl sites for hydroxylation is 2. The van der Waals surface area contributed by atoms with Crippen LogP contribution in [0.2, 0.25) is 25.7 Å². The van der Waals surface area contributed by atoms with Gasteiger partial charge in [0.25, 0.3) is 15.9 Å². The Labute approximate surface area is 238 Å². The molecule has 1 aliphatic heterocycles. The molecular weight excluding hydrogens is 546 g/mol. The molecule has 0 aliphatic carbocycles. The average molecular weight is 588 g/mol. The van der Waals surface area contributed by atoms with Crippen LogP contribution in [0, 0.1) is 12.8 Å². The molecule has 1 amide bonds. The van der Waals surface area contributed by atoms with Crippen molar-refractivity contribution < 1.29 is 17.9 Å². The van der Waals surface area contributed by atoms with Crippen LogP contribution in [0.1, 0.15) is 49.7 Å². The maximum absolute atomic E-state index is 13.5. The summed E-state index contributed by atoms with van der Waals surface area (Å²) < 4.78 is 37.2. The smallest absolute Gasteiger partial charge is 0.268 e. The van der Waals surface area contributed by atoms with E-state index in [0.717, 1.165) is 12.8 Å². The molecular formula is C27H41N7O4SSi. The number of nitrogens with zero attached hydrogens (tertiary/aromatic N) is 6. The van der Waals surface area contributed by atoms with Gasteiger partial charge in [0.05, 0.1) is 17.9 Å². The lowest BCUT2D eigenvalue weighted by molar-refractivity contribution is 0.0981. The zero-order valence-electron chi connectivity index (χ0n) is 24.7. The molecule has 1 atom stereocenters. The summed E-state index contributed by atoms with van der Waals surface area (Å²) in [6.45, 7) is 16.2. The van der Waals surface area contributed by atoms with E-state index in [2.05, 4.69) is 60.2 Å². The third-order valence-electron chi connectivity index (χ3n) is 7.04. The number of nitrogens with one attached hydrogen (secondary N) is 1. The van der Waals surface area contributed by atoms with E-state index in [4.69, 9.17) is 9.72 Å². The molecule has 1 fully saturated rings. The van der Waals surface area contributed by atoms with Gasteiger partial charge < -0.3 is 9.64 Å². The van der Waals surface area contributed by atoms with Crippen LogP contribution in [-0.4, -0.2) is 65.6 Å². The lowest BCUT2D eigenvalue weighted by atomic mass is 9.97. The van der Waals surface area contributed by atoms with Crippen LogP contribution in [-0.2, 0) is 17.1 Å². The fourth-order valence-corrected chi connectivity index (χ4v) is 7.66. The number of sulfonamides is 1. The van der Waals surface area contributed by atoms with Gasteiger partial charge in [-0.1, -0.05) is 32.6 Å². The summed E-state index contributed by atoms with van der Waals surface area (Å²) in [6, 6.07) is 6.24. The highest BCUT2D eigenvalue weighted by atomic mass is 32.2. The van der Waals surface area contributed by atoms with Crippen molar-refractivity contribution in [3.8, 4) is 11.7 Å². The number of carbonyl (C=O) groups excluding carboxylic acids is 1. The Bertz CT molecular complexity index is 1490. The van der Waals surface area contributed by atoms with Crippen LogP contribution < -0.4 is 14.4 Å². The van der Waals surface area contributed by atoms with Gasteiger partial charge in [-0.3, -0.25) is 9.48 Å². The van der Waals surface area contributed by atoms with Crippen molar-refractivity contribution >= 4 is 29.8 Å². The van der Waals surface area contributed by atoms with Gasteiger partial charge in [0.2, 0.25) is 5.88 Å². The van der Waals surface area contributed by atoms with Crippen LogP contribution in [0.5, 0.6) is 5.88 Å². The van der Waals surface area contributed by atoms with Gasteiger partial charge in [0, 0.05) is 45.7 Å². The molecule has 1 aliphatic rings. The van der Waals surface area contributed by atoms with Crippen LogP contribution in [0.15, 0.2) is 35.5 Å². The maximum Gasteiger partial charge on any atom is 0.268 e. The number of pyridine rings is 1. The second-order valence-corrected chi connectivity index (χ2v) is 19.8. The molecule has 0 unspecified atom stereocenters. The Morgan fingerprint density at radius 2 is 1.93 bits per heavy atom. The number of hydrogen-bond donors (Lipinski definition) is 1. The first-order valence-electron chi connectivity index (χ1n) is 13.6. The lowest BCUT2D eigenvalue weighted by Gasteiger charge is -2.34. The van der Waals surface area contributed by atoms with E-state index < -0.39 is 24.0 Å². The second-order valence-electron chi connectivity index (χ2n) is 12.6. The topological polar surface area (TPSA) is 124 Å². The Balaban J connectivity index is 1.63. The van der Waals surface area contributed by atoms with Crippen LogP contribution in [0.3, 0.4) is 0 Å². The minimum absolute atomic E-state index is 0.0430. The first-order valence-corrected chi connectivity index (χ1v) is 18.8.